The minimum Gasteiger partial charge on any atom is -0.339 e. The number of aryl methyl sites for hydroxylation is 1. The van der Waals surface area contributed by atoms with Gasteiger partial charge in [0.2, 0.25) is 11.1 Å². The van der Waals surface area contributed by atoms with Gasteiger partial charge in [0.15, 0.2) is 0 Å². The molecule has 0 radical (unpaired) electrons. The number of carbonyl (C=O) groups is 1. The number of piperazine rings is 1. The van der Waals surface area contributed by atoms with Crippen LogP contribution in [0.5, 0.6) is 0 Å². The number of nitrogens with zero attached hydrogens (tertiary/aromatic N) is 4. The van der Waals surface area contributed by atoms with Crippen molar-refractivity contribution >= 4 is 29.0 Å². The molecule has 1 saturated heterocycles. The molecule has 0 bridgehead atoms. The average molecular weight is 352 g/mol. The molecular weight excluding hydrogens is 330 g/mol. The van der Waals surface area contributed by atoms with Crippen LogP contribution >= 0.6 is 23.1 Å². The molecule has 1 amide bonds. The first-order valence-corrected chi connectivity index (χ1v) is 9.67. The largest absolute Gasteiger partial charge is 0.339 e. The molecule has 0 saturated carbocycles. The lowest BCUT2D eigenvalue weighted by atomic mass is 10.3. The van der Waals surface area contributed by atoms with Crippen LogP contribution in [-0.4, -0.2) is 62.8 Å². The highest BCUT2D eigenvalue weighted by molar-refractivity contribution is 7.99. The van der Waals surface area contributed by atoms with Gasteiger partial charge < -0.3 is 4.90 Å². The Balaban J connectivity index is 1.41. The maximum atomic E-state index is 12.3. The van der Waals surface area contributed by atoms with Gasteiger partial charge in [-0.1, -0.05) is 24.8 Å². The summed E-state index contributed by atoms with van der Waals surface area (Å²) in [6.45, 7) is 6.50. The topological polar surface area (TPSA) is 65.1 Å². The zero-order valence-electron chi connectivity index (χ0n) is 13.2. The molecule has 2 aromatic rings. The maximum absolute atomic E-state index is 12.3. The van der Waals surface area contributed by atoms with E-state index in [-0.39, 0.29) is 5.91 Å². The monoisotopic (exact) mass is 351 g/mol. The highest BCUT2D eigenvalue weighted by Gasteiger charge is 2.21. The highest BCUT2D eigenvalue weighted by Crippen LogP contribution is 2.16. The van der Waals surface area contributed by atoms with Gasteiger partial charge in [0.1, 0.15) is 5.82 Å². The lowest BCUT2D eigenvalue weighted by Gasteiger charge is -2.34. The Kier molecular flexibility index (Phi) is 5.69. The molecule has 0 atom stereocenters. The molecule has 8 heteroatoms. The van der Waals surface area contributed by atoms with Crippen molar-refractivity contribution < 1.29 is 4.79 Å². The Morgan fingerprint density at radius 3 is 2.87 bits per heavy atom. The second-order valence-corrected chi connectivity index (χ2v) is 7.42. The van der Waals surface area contributed by atoms with Gasteiger partial charge in [-0.05, 0) is 11.4 Å². The third-order valence-electron chi connectivity index (χ3n) is 3.86. The summed E-state index contributed by atoms with van der Waals surface area (Å²) in [7, 11) is 0. The van der Waals surface area contributed by atoms with Gasteiger partial charge in [-0.3, -0.25) is 14.8 Å². The van der Waals surface area contributed by atoms with Crippen molar-refractivity contribution in [3.63, 3.8) is 0 Å². The van der Waals surface area contributed by atoms with Gasteiger partial charge in [0, 0.05) is 44.0 Å². The second kappa shape index (κ2) is 7.94. The highest BCUT2D eigenvalue weighted by atomic mass is 32.2. The molecule has 3 rings (SSSR count). The molecule has 0 spiro atoms. The molecule has 0 aromatic carbocycles. The summed E-state index contributed by atoms with van der Waals surface area (Å²) < 4.78 is 0. The fourth-order valence-corrected chi connectivity index (χ4v) is 3.96. The van der Waals surface area contributed by atoms with E-state index in [0.717, 1.165) is 45.0 Å². The Morgan fingerprint density at radius 2 is 2.22 bits per heavy atom. The number of hydrogen-bond acceptors (Lipinski definition) is 6. The average Bonchev–Trinajstić information content (AvgIpc) is 3.24. The van der Waals surface area contributed by atoms with Gasteiger partial charge in [-0.15, -0.1) is 16.4 Å². The minimum atomic E-state index is 0.175. The first-order chi connectivity index (χ1) is 11.2. The molecule has 1 fully saturated rings. The van der Waals surface area contributed by atoms with Crippen molar-refractivity contribution in [2.75, 3.05) is 31.9 Å². The van der Waals surface area contributed by atoms with Crippen LogP contribution in [-0.2, 0) is 17.8 Å². The van der Waals surface area contributed by atoms with E-state index in [1.165, 1.54) is 16.6 Å². The number of nitrogens with one attached hydrogen (secondary N) is 1. The molecule has 0 unspecified atom stereocenters. The number of aromatic nitrogens is 3. The summed E-state index contributed by atoms with van der Waals surface area (Å²) in [5.41, 5.74) is 0. The van der Waals surface area contributed by atoms with Gasteiger partial charge in [-0.2, -0.15) is 0 Å². The van der Waals surface area contributed by atoms with Gasteiger partial charge >= 0.3 is 0 Å². The number of hydrogen-bond donors (Lipinski definition) is 1. The van der Waals surface area contributed by atoms with E-state index >= 15 is 0 Å². The molecular formula is C15H21N5OS2. The number of aromatic amines is 1. The van der Waals surface area contributed by atoms with Crippen molar-refractivity contribution in [1.29, 1.82) is 0 Å². The fraction of sp³-hybridized carbons (Fsp3) is 0.533. The van der Waals surface area contributed by atoms with Crippen LogP contribution in [0.1, 0.15) is 17.6 Å². The van der Waals surface area contributed by atoms with Crippen molar-refractivity contribution in [2.45, 2.75) is 25.0 Å². The first-order valence-electron chi connectivity index (χ1n) is 7.81. The molecule has 1 aliphatic rings. The molecule has 0 aliphatic carbocycles. The molecule has 2 aromatic heterocycles. The number of thioether (sulfide) groups is 1. The summed E-state index contributed by atoms with van der Waals surface area (Å²) in [6.07, 6.45) is 0.827. The predicted molar refractivity (Wildman–Crippen MR) is 92.7 cm³/mol. The predicted octanol–water partition coefficient (Wildman–Crippen LogP) is 1.87. The summed E-state index contributed by atoms with van der Waals surface area (Å²) in [5.74, 6) is 1.45. The first kappa shape index (κ1) is 16.5. The normalized spacial score (nSPS) is 16.0. The molecule has 23 heavy (non-hydrogen) atoms. The van der Waals surface area contributed by atoms with Crippen LogP contribution in [0, 0.1) is 0 Å². The van der Waals surface area contributed by atoms with E-state index in [4.69, 9.17) is 0 Å². The number of amides is 1. The van der Waals surface area contributed by atoms with Gasteiger partial charge in [0.05, 0.1) is 5.75 Å². The van der Waals surface area contributed by atoms with Crippen molar-refractivity contribution in [2.24, 2.45) is 0 Å². The summed E-state index contributed by atoms with van der Waals surface area (Å²) in [5, 5.41) is 9.75. The fourth-order valence-electron chi connectivity index (χ4n) is 2.50. The Morgan fingerprint density at radius 1 is 1.39 bits per heavy atom. The Labute approximate surface area is 144 Å². The zero-order chi connectivity index (χ0) is 16.1. The third-order valence-corrected chi connectivity index (χ3v) is 5.55. The third kappa shape index (κ3) is 4.55. The van der Waals surface area contributed by atoms with Crippen LogP contribution in [0.15, 0.2) is 22.7 Å². The summed E-state index contributed by atoms with van der Waals surface area (Å²) in [4.78, 5) is 22.4. The molecule has 1 N–H and O–H groups in total. The van der Waals surface area contributed by atoms with Gasteiger partial charge in [0.25, 0.3) is 0 Å². The van der Waals surface area contributed by atoms with Crippen molar-refractivity contribution in [3.8, 4) is 0 Å². The van der Waals surface area contributed by atoms with Crippen LogP contribution in [0.4, 0.5) is 0 Å². The van der Waals surface area contributed by atoms with E-state index in [2.05, 4.69) is 37.6 Å². The SMILES string of the molecule is CCc1nc(SCC(=O)N2CCN(Cc3cccs3)CC2)n[nH]1. The Hall–Kier alpha value is -1.38. The van der Waals surface area contributed by atoms with E-state index < -0.39 is 0 Å². The molecule has 6 nitrogen and oxygen atoms in total. The van der Waals surface area contributed by atoms with Crippen LogP contribution in [0.25, 0.3) is 0 Å². The summed E-state index contributed by atoms with van der Waals surface area (Å²) in [6, 6.07) is 4.25. The lowest BCUT2D eigenvalue weighted by Crippen LogP contribution is -2.48. The quantitative estimate of drug-likeness (QED) is 0.805. The van der Waals surface area contributed by atoms with Crippen LogP contribution in [0.2, 0.25) is 0 Å². The van der Waals surface area contributed by atoms with Crippen LogP contribution < -0.4 is 0 Å². The minimum absolute atomic E-state index is 0.175. The maximum Gasteiger partial charge on any atom is 0.233 e. The van der Waals surface area contributed by atoms with E-state index in [9.17, 15) is 4.79 Å². The lowest BCUT2D eigenvalue weighted by molar-refractivity contribution is -0.130. The number of H-pyrrole nitrogens is 1. The second-order valence-electron chi connectivity index (χ2n) is 5.44. The summed E-state index contributed by atoms with van der Waals surface area (Å²) >= 11 is 3.20. The van der Waals surface area contributed by atoms with Crippen molar-refractivity contribution in [1.82, 2.24) is 25.0 Å². The van der Waals surface area contributed by atoms with Gasteiger partial charge in [-0.25, -0.2) is 4.98 Å². The Bertz CT molecular complexity index is 620. The van der Waals surface area contributed by atoms with Crippen molar-refractivity contribution in [3.05, 3.63) is 28.2 Å². The van der Waals surface area contributed by atoms with Crippen LogP contribution in [0.3, 0.4) is 0 Å². The molecule has 1 aliphatic heterocycles. The van der Waals surface area contributed by atoms with E-state index in [1.807, 2.05) is 11.8 Å². The van der Waals surface area contributed by atoms with E-state index in [1.54, 1.807) is 11.3 Å². The smallest absolute Gasteiger partial charge is 0.233 e. The molecule has 3 heterocycles. The zero-order valence-corrected chi connectivity index (χ0v) is 14.8. The standard InChI is InChI=1S/C15H21N5OS2/c1-2-13-16-15(18-17-13)23-11-14(21)20-7-5-19(6-8-20)10-12-4-3-9-22-12/h3-4,9H,2,5-8,10-11H2,1H3,(H,16,17,18). The number of thiophene rings is 1. The van der Waals surface area contributed by atoms with E-state index in [0.29, 0.717) is 10.9 Å². The number of rotatable bonds is 6. The number of carbonyl (C=O) groups excluding carboxylic acids is 1. The molecule has 124 valence electrons.